The molecule has 0 heterocycles. The molecule has 0 aliphatic carbocycles. The van der Waals surface area contributed by atoms with E-state index in [1.54, 1.807) is 48.5 Å². The van der Waals surface area contributed by atoms with E-state index in [2.05, 4.69) is 6.92 Å². The summed E-state index contributed by atoms with van der Waals surface area (Å²) in [6, 6.07) is 13.4. The van der Waals surface area contributed by atoms with Crippen LogP contribution in [0.3, 0.4) is 0 Å². The van der Waals surface area contributed by atoms with Gasteiger partial charge in [0, 0.05) is 6.42 Å². The molecule has 0 bridgehead atoms. The molecule has 0 aliphatic heterocycles. The highest BCUT2D eigenvalue weighted by atomic mass is 32.2. The molecular weight excluding hydrogens is 476 g/mol. The van der Waals surface area contributed by atoms with Crippen LogP contribution >= 0.6 is 0 Å². The number of rotatable bonds is 18. The number of carbonyl (C=O) groups excluding carboxylic acids is 1. The lowest BCUT2D eigenvalue weighted by molar-refractivity contribution is 0.0600. The van der Waals surface area contributed by atoms with Crippen LogP contribution in [0.2, 0.25) is 0 Å². The van der Waals surface area contributed by atoms with Crippen LogP contribution in [0.4, 0.5) is 0 Å². The van der Waals surface area contributed by atoms with Gasteiger partial charge in [0.15, 0.2) is 0 Å². The van der Waals surface area contributed by atoms with Crippen LogP contribution in [-0.2, 0) is 19.0 Å². The average Bonchev–Trinajstić information content (AvgIpc) is 2.87. The van der Waals surface area contributed by atoms with Gasteiger partial charge < -0.3 is 9.47 Å². The van der Waals surface area contributed by atoms with Crippen LogP contribution in [0.15, 0.2) is 53.4 Å². The van der Waals surface area contributed by atoms with Gasteiger partial charge in [-0.1, -0.05) is 82.4 Å². The molecule has 0 aliphatic rings. The minimum absolute atomic E-state index is 0.171. The molecule has 0 N–H and O–H groups in total. The lowest BCUT2D eigenvalue weighted by Gasteiger charge is -2.18. The lowest BCUT2D eigenvalue weighted by atomic mass is 10.0. The summed E-state index contributed by atoms with van der Waals surface area (Å²) in [7, 11) is -2.52. The number of esters is 1. The van der Waals surface area contributed by atoms with Crippen LogP contribution in [0.1, 0.15) is 93.5 Å². The number of ether oxygens (including phenoxy) is 2. The van der Waals surface area contributed by atoms with Gasteiger partial charge in [-0.25, -0.2) is 4.79 Å². The predicted molar refractivity (Wildman–Crippen MR) is 143 cm³/mol. The molecule has 7 heteroatoms. The highest BCUT2D eigenvalue weighted by Crippen LogP contribution is 2.21. The van der Waals surface area contributed by atoms with Gasteiger partial charge in [-0.2, -0.15) is 8.42 Å². The van der Waals surface area contributed by atoms with Crippen molar-refractivity contribution in [3.63, 3.8) is 0 Å². The largest absolute Gasteiger partial charge is 0.493 e. The van der Waals surface area contributed by atoms with E-state index in [1.807, 2.05) is 6.92 Å². The summed E-state index contributed by atoms with van der Waals surface area (Å²) < 4.78 is 41.9. The topological polar surface area (TPSA) is 78.9 Å². The predicted octanol–water partition coefficient (Wildman–Crippen LogP) is 7.25. The molecule has 2 rings (SSSR count). The Morgan fingerprint density at radius 1 is 0.806 bits per heavy atom. The molecule has 0 saturated heterocycles. The minimum atomic E-state index is -3.86. The maximum atomic E-state index is 12.9. The fraction of sp³-hybridized carbons (Fsp3) is 0.552. The summed E-state index contributed by atoms with van der Waals surface area (Å²) in [5, 5.41) is 0. The first kappa shape index (κ1) is 29.8. The Hall–Kier alpha value is -2.38. The van der Waals surface area contributed by atoms with E-state index >= 15 is 0 Å². The molecule has 0 aromatic heterocycles. The summed E-state index contributed by atoms with van der Waals surface area (Å²) in [5.41, 5.74) is 1.44. The zero-order valence-electron chi connectivity index (χ0n) is 22.0. The van der Waals surface area contributed by atoms with Crippen LogP contribution in [0.25, 0.3) is 0 Å². The molecule has 36 heavy (non-hydrogen) atoms. The zero-order valence-corrected chi connectivity index (χ0v) is 22.9. The summed E-state index contributed by atoms with van der Waals surface area (Å²) in [4.78, 5) is 11.8. The molecule has 1 unspecified atom stereocenters. The van der Waals surface area contributed by atoms with Crippen molar-refractivity contribution in [2.45, 2.75) is 95.5 Å². The Balaban J connectivity index is 1.88. The first-order valence-corrected chi connectivity index (χ1v) is 14.6. The maximum absolute atomic E-state index is 12.9. The summed E-state index contributed by atoms with van der Waals surface area (Å²) in [6.07, 6.45) is 11.5. The van der Waals surface area contributed by atoms with Gasteiger partial charge >= 0.3 is 5.97 Å². The number of unbranched alkanes of at least 4 members (excludes halogenated alkanes) is 8. The Labute approximate surface area is 217 Å². The third-order valence-electron chi connectivity index (χ3n) is 6.19. The first-order valence-electron chi connectivity index (χ1n) is 13.2. The maximum Gasteiger partial charge on any atom is 0.337 e. The van der Waals surface area contributed by atoms with Crippen molar-refractivity contribution in [1.29, 1.82) is 0 Å². The molecule has 0 fully saturated rings. The minimum Gasteiger partial charge on any atom is -0.493 e. The van der Waals surface area contributed by atoms with Crippen molar-refractivity contribution in [2.24, 2.45) is 0 Å². The van der Waals surface area contributed by atoms with Gasteiger partial charge in [0.1, 0.15) is 5.75 Å². The molecule has 2 aromatic carbocycles. The number of aryl methyl sites for hydroxylation is 1. The summed E-state index contributed by atoms with van der Waals surface area (Å²) in [5.74, 6) is 0.197. The molecule has 0 radical (unpaired) electrons. The van der Waals surface area contributed by atoms with E-state index in [0.717, 1.165) is 24.8 Å². The van der Waals surface area contributed by atoms with E-state index in [4.69, 9.17) is 13.7 Å². The molecule has 6 nitrogen and oxygen atoms in total. The second-order valence-electron chi connectivity index (χ2n) is 9.26. The van der Waals surface area contributed by atoms with Crippen molar-refractivity contribution in [3.8, 4) is 5.75 Å². The van der Waals surface area contributed by atoms with Crippen LogP contribution in [0.5, 0.6) is 5.75 Å². The molecule has 1 atom stereocenters. The third-order valence-corrected chi connectivity index (χ3v) is 7.56. The second kappa shape index (κ2) is 16.4. The van der Waals surface area contributed by atoms with E-state index < -0.39 is 22.2 Å². The van der Waals surface area contributed by atoms with E-state index in [9.17, 15) is 13.2 Å². The first-order chi connectivity index (χ1) is 17.4. The SMILES string of the molecule is CCCCCCCCCCCC(CCOc1ccc(C(=O)OC)cc1)OS(=O)(=O)c1ccc(C)cc1. The lowest BCUT2D eigenvalue weighted by Crippen LogP contribution is -2.21. The van der Waals surface area contributed by atoms with Gasteiger partial charge in [0.05, 0.1) is 30.3 Å². The zero-order chi connectivity index (χ0) is 26.2. The molecule has 200 valence electrons. The standard InChI is InChI=1S/C29H42O6S/c1-4-5-6-7-8-9-10-11-12-13-27(35-36(31,32)28-20-14-24(2)15-21-28)22-23-34-26-18-16-25(17-19-26)29(30)33-3/h14-21,27H,4-13,22-23H2,1-3H3. The van der Waals surface area contributed by atoms with Crippen molar-refractivity contribution in [1.82, 2.24) is 0 Å². The molecule has 0 amide bonds. The quantitative estimate of drug-likeness (QED) is 0.117. The van der Waals surface area contributed by atoms with Gasteiger partial charge in [-0.15, -0.1) is 0 Å². The van der Waals surface area contributed by atoms with E-state index in [1.165, 1.54) is 45.6 Å². The Morgan fingerprint density at radius 3 is 1.97 bits per heavy atom. The average molecular weight is 519 g/mol. The fourth-order valence-corrected chi connectivity index (χ4v) is 5.11. The number of hydrogen-bond donors (Lipinski definition) is 0. The molecule has 0 saturated carbocycles. The number of benzene rings is 2. The van der Waals surface area contributed by atoms with Crippen molar-refractivity contribution < 1.29 is 26.9 Å². The number of carbonyl (C=O) groups is 1. The normalized spacial score (nSPS) is 12.3. The van der Waals surface area contributed by atoms with Gasteiger partial charge in [0.25, 0.3) is 10.1 Å². The van der Waals surface area contributed by atoms with Crippen LogP contribution in [0, 0.1) is 6.92 Å². The van der Waals surface area contributed by atoms with Gasteiger partial charge in [0.2, 0.25) is 0 Å². The second-order valence-corrected chi connectivity index (χ2v) is 10.8. The molecule has 2 aromatic rings. The van der Waals surface area contributed by atoms with Crippen LogP contribution < -0.4 is 4.74 Å². The van der Waals surface area contributed by atoms with E-state index in [0.29, 0.717) is 30.8 Å². The van der Waals surface area contributed by atoms with Gasteiger partial charge in [-0.3, -0.25) is 4.18 Å². The van der Waals surface area contributed by atoms with E-state index in [-0.39, 0.29) is 4.90 Å². The molecular formula is C29H42O6S. The highest BCUT2D eigenvalue weighted by Gasteiger charge is 2.22. The smallest absolute Gasteiger partial charge is 0.337 e. The Kier molecular flexibility index (Phi) is 13.6. The van der Waals surface area contributed by atoms with Gasteiger partial charge in [-0.05, 0) is 49.7 Å². The Morgan fingerprint density at radius 2 is 1.39 bits per heavy atom. The number of methoxy groups -OCH3 is 1. The fourth-order valence-electron chi connectivity index (χ4n) is 3.98. The summed E-state index contributed by atoms with van der Waals surface area (Å²) in [6.45, 7) is 4.45. The third kappa shape index (κ3) is 11.1. The highest BCUT2D eigenvalue weighted by molar-refractivity contribution is 7.86. The Bertz CT molecular complexity index is 983. The van der Waals surface area contributed by atoms with Crippen molar-refractivity contribution >= 4 is 16.1 Å². The van der Waals surface area contributed by atoms with Crippen molar-refractivity contribution in [3.05, 3.63) is 59.7 Å². The van der Waals surface area contributed by atoms with Crippen LogP contribution in [-0.4, -0.2) is 34.2 Å². The summed E-state index contributed by atoms with van der Waals surface area (Å²) >= 11 is 0. The number of hydrogen-bond acceptors (Lipinski definition) is 6. The molecule has 0 spiro atoms. The van der Waals surface area contributed by atoms with Crippen molar-refractivity contribution in [2.75, 3.05) is 13.7 Å². The monoisotopic (exact) mass is 518 g/mol.